The van der Waals surface area contributed by atoms with Crippen LogP contribution in [-0.2, 0) is 13.0 Å². The number of aromatic nitrogens is 2. The molecule has 1 aromatic rings. The van der Waals surface area contributed by atoms with Gasteiger partial charge in [-0.3, -0.25) is 4.68 Å². The predicted octanol–water partition coefficient (Wildman–Crippen LogP) is 3.08. The Labute approximate surface area is 118 Å². The van der Waals surface area contributed by atoms with Gasteiger partial charge in [-0.2, -0.15) is 31.4 Å². The monoisotopic (exact) mass is 317 g/mol. The smallest absolute Gasteiger partial charge is 0.316 e. The van der Waals surface area contributed by atoms with E-state index in [1.54, 1.807) is 13.8 Å². The predicted molar refractivity (Wildman–Crippen MR) is 64.8 cm³/mol. The molecule has 0 saturated carbocycles. The second-order valence-electron chi connectivity index (χ2n) is 4.75. The lowest BCUT2D eigenvalue weighted by atomic mass is 9.94. The van der Waals surface area contributed by atoms with Crippen LogP contribution in [-0.4, -0.2) is 35.2 Å². The van der Waals surface area contributed by atoms with Crippen molar-refractivity contribution in [3.63, 3.8) is 0 Å². The van der Waals surface area contributed by atoms with Crippen LogP contribution < -0.4 is 5.32 Å². The molecule has 1 heterocycles. The normalized spacial score (nSPS) is 14.8. The van der Waals surface area contributed by atoms with Gasteiger partial charge >= 0.3 is 12.4 Å². The number of alkyl halides is 6. The zero-order chi connectivity index (χ0) is 16.4. The van der Waals surface area contributed by atoms with E-state index in [1.807, 2.05) is 0 Å². The summed E-state index contributed by atoms with van der Waals surface area (Å²) in [6, 6.07) is -0.302. The third-order valence-corrected chi connectivity index (χ3v) is 3.19. The number of nitrogens with zero attached hydrogens (tertiary/aromatic N) is 2. The van der Waals surface area contributed by atoms with Crippen molar-refractivity contribution in [3.8, 4) is 0 Å². The second kappa shape index (κ2) is 6.25. The summed E-state index contributed by atoms with van der Waals surface area (Å²) in [6.07, 6.45) is -11.1. The molecule has 0 radical (unpaired) electrons. The molecule has 0 spiro atoms. The number of likely N-dealkylation sites (N-methyl/N-ethyl adjacent to an activating group) is 1. The quantitative estimate of drug-likeness (QED) is 0.846. The average molecular weight is 317 g/mol. The maximum atomic E-state index is 12.8. The van der Waals surface area contributed by atoms with Crippen LogP contribution in [0, 0.1) is 12.8 Å². The van der Waals surface area contributed by atoms with Gasteiger partial charge in [-0.1, -0.05) is 0 Å². The average Bonchev–Trinajstić information content (AvgIpc) is 2.64. The molecule has 1 aromatic heterocycles. The van der Waals surface area contributed by atoms with E-state index < -0.39 is 30.7 Å². The van der Waals surface area contributed by atoms with Gasteiger partial charge in [-0.05, 0) is 27.0 Å². The Kier molecular flexibility index (Phi) is 5.30. The van der Waals surface area contributed by atoms with Crippen molar-refractivity contribution < 1.29 is 26.3 Å². The van der Waals surface area contributed by atoms with Crippen LogP contribution in [0.2, 0.25) is 0 Å². The molecule has 0 fully saturated rings. The van der Waals surface area contributed by atoms with E-state index in [0.717, 1.165) is 7.05 Å². The molecule has 1 atom stereocenters. The first-order valence-electron chi connectivity index (χ1n) is 6.34. The van der Waals surface area contributed by atoms with Crippen molar-refractivity contribution in [1.82, 2.24) is 15.1 Å². The molecule has 1 N–H and O–H groups in total. The van der Waals surface area contributed by atoms with Crippen molar-refractivity contribution in [2.45, 2.75) is 45.2 Å². The van der Waals surface area contributed by atoms with Crippen LogP contribution in [0.15, 0.2) is 6.07 Å². The molecule has 0 saturated heterocycles. The molecule has 0 aliphatic rings. The molecule has 1 unspecified atom stereocenters. The topological polar surface area (TPSA) is 29.9 Å². The second-order valence-corrected chi connectivity index (χ2v) is 4.75. The van der Waals surface area contributed by atoms with Gasteiger partial charge in [0, 0.05) is 24.7 Å². The van der Waals surface area contributed by atoms with Gasteiger partial charge in [-0.15, -0.1) is 0 Å². The van der Waals surface area contributed by atoms with Crippen LogP contribution in [0.25, 0.3) is 0 Å². The van der Waals surface area contributed by atoms with E-state index in [2.05, 4.69) is 10.4 Å². The molecule has 122 valence electrons. The molecule has 0 aliphatic heterocycles. The third-order valence-electron chi connectivity index (χ3n) is 3.19. The van der Waals surface area contributed by atoms with Crippen molar-refractivity contribution in [1.29, 1.82) is 0 Å². The van der Waals surface area contributed by atoms with Crippen molar-refractivity contribution >= 4 is 0 Å². The zero-order valence-electron chi connectivity index (χ0n) is 11.8. The summed E-state index contributed by atoms with van der Waals surface area (Å²) in [4.78, 5) is 0. The Balaban J connectivity index is 3.10. The minimum atomic E-state index is -5.36. The molecular formula is C12H17F6N3. The largest absolute Gasteiger partial charge is 0.402 e. The molecule has 0 aromatic carbocycles. The van der Waals surface area contributed by atoms with Crippen LogP contribution in [0.1, 0.15) is 18.3 Å². The Morgan fingerprint density at radius 1 is 1.19 bits per heavy atom. The highest BCUT2D eigenvalue weighted by Crippen LogP contribution is 2.42. The summed E-state index contributed by atoms with van der Waals surface area (Å²) in [5.41, 5.74) is 0.894. The van der Waals surface area contributed by atoms with Gasteiger partial charge in [0.2, 0.25) is 0 Å². The number of halogens is 6. The molecule has 0 aliphatic carbocycles. The van der Waals surface area contributed by atoms with E-state index in [9.17, 15) is 26.3 Å². The van der Waals surface area contributed by atoms with E-state index in [1.165, 1.54) is 10.7 Å². The molecule has 21 heavy (non-hydrogen) atoms. The first-order chi connectivity index (χ1) is 9.50. The third kappa shape index (κ3) is 4.36. The maximum absolute atomic E-state index is 12.8. The summed E-state index contributed by atoms with van der Waals surface area (Å²) in [5.74, 6) is -3.42. The van der Waals surface area contributed by atoms with Crippen LogP contribution in [0.3, 0.4) is 0 Å². The van der Waals surface area contributed by atoms with Gasteiger partial charge in [0.15, 0.2) is 5.92 Å². The lowest BCUT2D eigenvalue weighted by Gasteiger charge is -2.30. The van der Waals surface area contributed by atoms with E-state index >= 15 is 0 Å². The number of hydrogen-bond donors (Lipinski definition) is 1. The molecule has 1 rings (SSSR count). The first-order valence-corrected chi connectivity index (χ1v) is 6.34. The Morgan fingerprint density at radius 3 is 2.10 bits per heavy atom. The molecule has 0 bridgehead atoms. The van der Waals surface area contributed by atoms with E-state index in [4.69, 9.17) is 0 Å². The summed E-state index contributed by atoms with van der Waals surface area (Å²) in [7, 11) is 1.09. The van der Waals surface area contributed by atoms with E-state index in [-0.39, 0.29) is 0 Å². The van der Waals surface area contributed by atoms with Crippen LogP contribution in [0.5, 0.6) is 0 Å². The molecular weight excluding hydrogens is 300 g/mol. The Bertz CT molecular complexity index is 449. The maximum Gasteiger partial charge on any atom is 0.402 e. The van der Waals surface area contributed by atoms with Gasteiger partial charge in [0.25, 0.3) is 0 Å². The lowest BCUT2D eigenvalue weighted by Crippen LogP contribution is -2.51. The Hall–Kier alpha value is -1.25. The number of rotatable bonds is 5. The van der Waals surface area contributed by atoms with Gasteiger partial charge < -0.3 is 5.32 Å². The fourth-order valence-electron chi connectivity index (χ4n) is 2.29. The highest BCUT2D eigenvalue weighted by Gasteiger charge is 2.59. The summed E-state index contributed by atoms with van der Waals surface area (Å²) < 4.78 is 78.0. The standard InChI is InChI=1S/C12H17F6N3/c1-4-21-8(5-7(2)20-21)6-9(19-3)10(11(13,14)15)12(16,17)18/h5,9-10,19H,4,6H2,1-3H3. The summed E-state index contributed by atoms with van der Waals surface area (Å²) >= 11 is 0. The van der Waals surface area contributed by atoms with E-state index in [0.29, 0.717) is 17.9 Å². The minimum absolute atomic E-state index is 0.341. The molecule has 0 amide bonds. The minimum Gasteiger partial charge on any atom is -0.316 e. The number of aryl methyl sites for hydroxylation is 2. The van der Waals surface area contributed by atoms with Crippen LogP contribution in [0.4, 0.5) is 26.3 Å². The van der Waals surface area contributed by atoms with Crippen molar-refractivity contribution in [3.05, 3.63) is 17.5 Å². The van der Waals surface area contributed by atoms with Gasteiger partial charge in [0.1, 0.15) is 0 Å². The van der Waals surface area contributed by atoms with Gasteiger partial charge in [-0.25, -0.2) is 0 Å². The fourth-order valence-corrected chi connectivity index (χ4v) is 2.29. The zero-order valence-corrected chi connectivity index (χ0v) is 11.8. The summed E-state index contributed by atoms with van der Waals surface area (Å²) in [6.45, 7) is 3.73. The molecule has 9 heteroatoms. The number of nitrogens with one attached hydrogen (secondary N) is 1. The van der Waals surface area contributed by atoms with Gasteiger partial charge in [0.05, 0.1) is 5.69 Å². The lowest BCUT2D eigenvalue weighted by molar-refractivity contribution is -0.291. The highest BCUT2D eigenvalue weighted by molar-refractivity contribution is 5.11. The molecule has 3 nitrogen and oxygen atoms in total. The number of hydrogen-bond acceptors (Lipinski definition) is 2. The fraction of sp³-hybridized carbons (Fsp3) is 0.750. The summed E-state index contributed by atoms with van der Waals surface area (Å²) in [5, 5.41) is 6.17. The SMILES string of the molecule is CCn1nc(C)cc1CC(NC)C(C(F)(F)F)C(F)(F)F. The highest BCUT2D eigenvalue weighted by atomic mass is 19.4. The van der Waals surface area contributed by atoms with Crippen molar-refractivity contribution in [2.75, 3.05) is 7.05 Å². The van der Waals surface area contributed by atoms with Crippen LogP contribution >= 0.6 is 0 Å². The first kappa shape index (κ1) is 17.8. The Morgan fingerprint density at radius 2 is 1.71 bits per heavy atom. The van der Waals surface area contributed by atoms with Crippen molar-refractivity contribution in [2.24, 2.45) is 5.92 Å².